The molecule has 3 aromatic carbocycles. The lowest BCUT2D eigenvalue weighted by atomic mass is 10.0. The van der Waals surface area contributed by atoms with E-state index in [0.29, 0.717) is 23.7 Å². The highest BCUT2D eigenvalue weighted by Crippen LogP contribution is 2.23. The fourth-order valence-corrected chi connectivity index (χ4v) is 3.41. The predicted octanol–water partition coefficient (Wildman–Crippen LogP) is 7.29. The van der Waals surface area contributed by atoms with Crippen molar-refractivity contribution in [2.75, 3.05) is 6.61 Å². The molecule has 1 amide bonds. The van der Waals surface area contributed by atoms with Crippen LogP contribution >= 0.6 is 0 Å². The summed E-state index contributed by atoms with van der Waals surface area (Å²) in [7, 11) is 0. The van der Waals surface area contributed by atoms with Gasteiger partial charge in [-0.1, -0.05) is 93.3 Å². The summed E-state index contributed by atoms with van der Waals surface area (Å²) in [6.45, 7) is 12.5. The van der Waals surface area contributed by atoms with Gasteiger partial charge in [-0.2, -0.15) is 0 Å². The average molecular weight is 470 g/mol. The third-order valence-corrected chi connectivity index (χ3v) is 5.15. The lowest BCUT2D eigenvalue weighted by Gasteiger charge is -2.12. The summed E-state index contributed by atoms with van der Waals surface area (Å²) < 4.78 is 11.8. The highest BCUT2D eigenvalue weighted by molar-refractivity contribution is 5.95. The summed E-state index contributed by atoms with van der Waals surface area (Å²) in [6, 6.07) is 23.2. The number of carbonyl (C=O) groups excluding carboxylic acids is 1. The Morgan fingerprint density at radius 2 is 1.57 bits per heavy atom. The summed E-state index contributed by atoms with van der Waals surface area (Å²) in [5.74, 6) is 0.909. The first kappa shape index (κ1) is 27.2. The number of rotatable bonds is 10. The predicted molar refractivity (Wildman–Crippen MR) is 146 cm³/mol. The number of primary amides is 1. The Morgan fingerprint density at radius 1 is 0.914 bits per heavy atom. The van der Waals surface area contributed by atoms with Gasteiger partial charge in [-0.05, 0) is 48.3 Å². The fraction of sp³-hybridized carbons (Fsp3) is 0.194. The topological polar surface area (TPSA) is 61.6 Å². The molecule has 0 atom stereocenters. The van der Waals surface area contributed by atoms with Gasteiger partial charge in [0.15, 0.2) is 0 Å². The molecular formula is C31H35NO3. The highest BCUT2D eigenvalue weighted by atomic mass is 16.5. The van der Waals surface area contributed by atoms with E-state index < -0.39 is 5.91 Å². The van der Waals surface area contributed by atoms with E-state index in [2.05, 4.69) is 18.7 Å². The van der Waals surface area contributed by atoms with Crippen molar-refractivity contribution in [3.8, 4) is 11.5 Å². The number of carbonyl (C=O) groups is 1. The van der Waals surface area contributed by atoms with Crippen molar-refractivity contribution in [1.82, 2.24) is 0 Å². The largest absolute Gasteiger partial charge is 0.489 e. The van der Waals surface area contributed by atoms with Crippen LogP contribution in [0.25, 0.3) is 5.57 Å². The van der Waals surface area contributed by atoms with Crippen LogP contribution in [0.15, 0.2) is 103 Å². The van der Waals surface area contributed by atoms with Crippen LogP contribution in [0, 0.1) is 6.92 Å². The summed E-state index contributed by atoms with van der Waals surface area (Å²) >= 11 is 0. The SMILES string of the molecule is C=C/C(=C\C=C(/C)COc1cccc(OCc2cccc(C)c2C(N)=O)c1)c1ccccc1.CC. The molecule has 0 saturated heterocycles. The van der Waals surface area contributed by atoms with Crippen LogP contribution in [0.2, 0.25) is 0 Å². The molecule has 0 bridgehead atoms. The van der Waals surface area contributed by atoms with Crippen molar-refractivity contribution < 1.29 is 14.3 Å². The normalized spacial score (nSPS) is 11.2. The van der Waals surface area contributed by atoms with Gasteiger partial charge >= 0.3 is 0 Å². The first-order valence-corrected chi connectivity index (χ1v) is 11.8. The number of allylic oxidation sites excluding steroid dienone is 4. The maximum absolute atomic E-state index is 11.8. The van der Waals surface area contributed by atoms with E-state index in [1.54, 1.807) is 0 Å². The molecule has 3 rings (SSSR count). The van der Waals surface area contributed by atoms with E-state index in [9.17, 15) is 4.79 Å². The number of nitrogens with two attached hydrogens (primary N) is 1. The standard InChI is InChI=1S/C29H29NO3.C2H6/c1-4-23(24-11-6-5-7-12-24)17-16-21(2)19-32-26-14-9-15-27(18-26)33-20-25-13-8-10-22(3)28(25)29(30)31;1-2/h4-18H,1,19-20H2,2-3H3,(H2,30,31);1-2H3/b21-16+,23-17+;. The minimum atomic E-state index is -0.452. The van der Waals surface area contributed by atoms with Gasteiger partial charge in [0, 0.05) is 17.2 Å². The van der Waals surface area contributed by atoms with Crippen molar-refractivity contribution in [2.24, 2.45) is 5.73 Å². The second-order valence-electron chi connectivity index (χ2n) is 7.73. The Bertz CT molecular complexity index is 1180. The maximum atomic E-state index is 11.8. The smallest absolute Gasteiger partial charge is 0.249 e. The first-order chi connectivity index (χ1) is 17.0. The monoisotopic (exact) mass is 469 g/mol. The number of hydrogen-bond acceptors (Lipinski definition) is 3. The quantitative estimate of drug-likeness (QED) is 0.317. The van der Waals surface area contributed by atoms with Crippen LogP contribution in [0.5, 0.6) is 11.5 Å². The van der Waals surface area contributed by atoms with Crippen molar-refractivity contribution in [3.63, 3.8) is 0 Å². The molecule has 3 aromatic rings. The zero-order chi connectivity index (χ0) is 25.6. The van der Waals surface area contributed by atoms with Crippen LogP contribution in [0.4, 0.5) is 0 Å². The highest BCUT2D eigenvalue weighted by Gasteiger charge is 2.11. The van der Waals surface area contributed by atoms with Gasteiger partial charge in [-0.15, -0.1) is 0 Å². The number of aryl methyl sites for hydroxylation is 1. The lowest BCUT2D eigenvalue weighted by Crippen LogP contribution is -2.16. The third-order valence-electron chi connectivity index (χ3n) is 5.15. The first-order valence-electron chi connectivity index (χ1n) is 11.8. The Hall–Kier alpha value is -4.05. The molecule has 4 nitrogen and oxygen atoms in total. The van der Waals surface area contributed by atoms with Gasteiger partial charge in [0.2, 0.25) is 5.91 Å². The van der Waals surface area contributed by atoms with Gasteiger partial charge in [0.25, 0.3) is 0 Å². The lowest BCUT2D eigenvalue weighted by molar-refractivity contribution is 0.0997. The summed E-state index contributed by atoms with van der Waals surface area (Å²) in [6.07, 6.45) is 5.92. The van der Waals surface area contributed by atoms with Gasteiger partial charge in [-0.3, -0.25) is 4.79 Å². The second-order valence-corrected chi connectivity index (χ2v) is 7.73. The summed E-state index contributed by atoms with van der Waals surface area (Å²) in [4.78, 5) is 11.8. The van der Waals surface area contributed by atoms with Crippen molar-refractivity contribution >= 4 is 11.5 Å². The van der Waals surface area contributed by atoms with Crippen molar-refractivity contribution in [3.05, 3.63) is 125 Å². The van der Waals surface area contributed by atoms with Crippen LogP contribution in [-0.4, -0.2) is 12.5 Å². The minimum absolute atomic E-state index is 0.247. The Labute approximate surface area is 209 Å². The van der Waals surface area contributed by atoms with Gasteiger partial charge in [-0.25, -0.2) is 0 Å². The molecular weight excluding hydrogens is 434 g/mol. The van der Waals surface area contributed by atoms with E-state index in [1.165, 1.54) is 0 Å². The summed E-state index contributed by atoms with van der Waals surface area (Å²) in [5, 5.41) is 0. The van der Waals surface area contributed by atoms with Gasteiger partial charge < -0.3 is 15.2 Å². The Morgan fingerprint density at radius 3 is 2.23 bits per heavy atom. The molecule has 0 radical (unpaired) electrons. The molecule has 0 aliphatic rings. The Balaban J connectivity index is 0.00000210. The molecule has 0 aromatic heterocycles. The number of ether oxygens (including phenoxy) is 2. The average Bonchev–Trinajstić information content (AvgIpc) is 2.88. The maximum Gasteiger partial charge on any atom is 0.249 e. The summed E-state index contributed by atoms with van der Waals surface area (Å²) in [5.41, 5.74) is 10.9. The molecule has 0 unspecified atom stereocenters. The molecule has 0 saturated carbocycles. The fourth-order valence-electron chi connectivity index (χ4n) is 3.41. The molecule has 182 valence electrons. The van der Waals surface area contributed by atoms with E-state index in [1.807, 2.05) is 107 Å². The molecule has 4 heteroatoms. The number of hydrogen-bond donors (Lipinski definition) is 1. The van der Waals surface area contributed by atoms with E-state index in [-0.39, 0.29) is 6.61 Å². The van der Waals surface area contributed by atoms with Crippen LogP contribution in [0.3, 0.4) is 0 Å². The molecule has 0 spiro atoms. The van der Waals surface area contributed by atoms with E-state index in [4.69, 9.17) is 15.2 Å². The molecule has 0 fully saturated rings. The molecule has 35 heavy (non-hydrogen) atoms. The van der Waals surface area contributed by atoms with Gasteiger partial charge in [0.1, 0.15) is 24.7 Å². The zero-order valence-electron chi connectivity index (χ0n) is 21.1. The van der Waals surface area contributed by atoms with Crippen LogP contribution < -0.4 is 15.2 Å². The molecule has 0 aliphatic heterocycles. The molecule has 0 aliphatic carbocycles. The third kappa shape index (κ3) is 8.35. The van der Waals surface area contributed by atoms with Gasteiger partial charge in [0.05, 0.1) is 0 Å². The minimum Gasteiger partial charge on any atom is -0.489 e. The number of benzene rings is 3. The van der Waals surface area contributed by atoms with E-state index >= 15 is 0 Å². The molecule has 2 N–H and O–H groups in total. The van der Waals surface area contributed by atoms with Crippen molar-refractivity contribution in [1.29, 1.82) is 0 Å². The second kappa shape index (κ2) is 14.3. The Kier molecular flexibility index (Phi) is 11.1. The zero-order valence-corrected chi connectivity index (χ0v) is 21.1. The molecule has 0 heterocycles. The van der Waals surface area contributed by atoms with Crippen LogP contribution in [-0.2, 0) is 6.61 Å². The number of amides is 1. The van der Waals surface area contributed by atoms with Crippen molar-refractivity contribution in [2.45, 2.75) is 34.3 Å². The van der Waals surface area contributed by atoms with E-state index in [0.717, 1.165) is 27.8 Å². The van der Waals surface area contributed by atoms with Crippen LogP contribution in [0.1, 0.15) is 47.8 Å².